The standard InChI is InChI=1S/C25H27ClO2/c1-15-22(23(27)25(4,5)28-24(15,2)3)21-14-18(10-13-20(21)17-6-7-17)16-8-11-19(26)12-9-16/h8-14,17H,6-7H2,1-5H3. The summed E-state index contributed by atoms with van der Waals surface area (Å²) in [6.45, 7) is 9.90. The van der Waals surface area contributed by atoms with E-state index in [0.29, 0.717) is 5.92 Å². The third kappa shape index (κ3) is 3.33. The van der Waals surface area contributed by atoms with Gasteiger partial charge >= 0.3 is 0 Å². The van der Waals surface area contributed by atoms with Crippen LogP contribution in [0.3, 0.4) is 0 Å². The number of halogens is 1. The van der Waals surface area contributed by atoms with E-state index < -0.39 is 11.2 Å². The molecule has 1 aliphatic carbocycles. The second kappa shape index (κ2) is 6.57. The van der Waals surface area contributed by atoms with Gasteiger partial charge in [0.2, 0.25) is 0 Å². The highest BCUT2D eigenvalue weighted by Crippen LogP contribution is 2.48. The minimum absolute atomic E-state index is 0.0690. The Morgan fingerprint density at radius 1 is 0.929 bits per heavy atom. The normalized spacial score (nSPS) is 21.1. The van der Waals surface area contributed by atoms with Gasteiger partial charge in [-0.3, -0.25) is 4.79 Å². The zero-order valence-electron chi connectivity index (χ0n) is 17.2. The van der Waals surface area contributed by atoms with Gasteiger partial charge in [0, 0.05) is 10.6 Å². The first-order valence-electron chi connectivity index (χ1n) is 9.97. The molecule has 0 spiro atoms. The molecular weight excluding hydrogens is 368 g/mol. The van der Waals surface area contributed by atoms with E-state index in [9.17, 15) is 4.79 Å². The third-order valence-corrected chi connectivity index (χ3v) is 6.33. The van der Waals surface area contributed by atoms with Crippen molar-refractivity contribution >= 4 is 23.0 Å². The summed E-state index contributed by atoms with van der Waals surface area (Å²) in [5, 5.41) is 0.722. The second-order valence-corrected chi connectivity index (χ2v) is 9.47. The van der Waals surface area contributed by atoms with Crippen LogP contribution in [0.1, 0.15) is 64.5 Å². The van der Waals surface area contributed by atoms with Crippen molar-refractivity contribution in [3.63, 3.8) is 0 Å². The third-order valence-electron chi connectivity index (χ3n) is 6.08. The van der Waals surface area contributed by atoms with Crippen LogP contribution in [-0.4, -0.2) is 17.0 Å². The second-order valence-electron chi connectivity index (χ2n) is 9.04. The molecule has 0 unspecified atom stereocenters. The molecule has 0 saturated heterocycles. The summed E-state index contributed by atoms with van der Waals surface area (Å²) in [5.74, 6) is 0.621. The molecule has 28 heavy (non-hydrogen) atoms. The predicted octanol–water partition coefficient (Wildman–Crippen LogP) is 6.81. The van der Waals surface area contributed by atoms with Gasteiger partial charge in [-0.1, -0.05) is 35.9 Å². The molecule has 2 nitrogen and oxygen atoms in total. The zero-order valence-corrected chi connectivity index (χ0v) is 18.0. The molecule has 0 amide bonds. The van der Waals surface area contributed by atoms with E-state index >= 15 is 0 Å². The Labute approximate surface area is 172 Å². The summed E-state index contributed by atoms with van der Waals surface area (Å²) >= 11 is 6.06. The number of ether oxygens (including phenoxy) is 1. The van der Waals surface area contributed by atoms with Gasteiger partial charge in [-0.15, -0.1) is 0 Å². The average Bonchev–Trinajstić information content (AvgIpc) is 3.45. The van der Waals surface area contributed by atoms with Crippen molar-refractivity contribution in [3.8, 4) is 11.1 Å². The van der Waals surface area contributed by atoms with Crippen molar-refractivity contribution in [1.29, 1.82) is 0 Å². The highest BCUT2D eigenvalue weighted by molar-refractivity contribution is 6.30. The Kier molecular flexibility index (Phi) is 4.56. The topological polar surface area (TPSA) is 26.3 Å². The molecule has 3 heteroatoms. The number of rotatable bonds is 3. The number of carbonyl (C=O) groups excluding carboxylic acids is 1. The molecule has 0 radical (unpaired) electrons. The molecule has 4 rings (SSSR count). The molecule has 146 valence electrons. The van der Waals surface area contributed by atoms with Crippen molar-refractivity contribution in [3.05, 3.63) is 64.2 Å². The Morgan fingerprint density at radius 3 is 2.14 bits per heavy atom. The Balaban J connectivity index is 1.93. The molecule has 1 saturated carbocycles. The van der Waals surface area contributed by atoms with Gasteiger partial charge in [-0.05, 0) is 99.4 Å². The minimum Gasteiger partial charge on any atom is -0.357 e. The molecular formula is C25H27ClO2. The first-order valence-corrected chi connectivity index (χ1v) is 10.3. The van der Waals surface area contributed by atoms with Crippen LogP contribution in [0.15, 0.2) is 48.0 Å². The molecule has 0 bridgehead atoms. The molecule has 2 aromatic rings. The summed E-state index contributed by atoms with van der Waals surface area (Å²) < 4.78 is 6.16. The highest BCUT2D eigenvalue weighted by Gasteiger charge is 2.45. The first kappa shape index (κ1) is 19.4. The lowest BCUT2D eigenvalue weighted by atomic mass is 9.77. The summed E-state index contributed by atoms with van der Waals surface area (Å²) in [5.41, 5.74) is 5.08. The monoisotopic (exact) mass is 394 g/mol. The summed E-state index contributed by atoms with van der Waals surface area (Å²) in [6, 6.07) is 14.4. The van der Waals surface area contributed by atoms with E-state index in [0.717, 1.165) is 32.9 Å². The molecule has 0 aromatic heterocycles. The SMILES string of the molecule is CC1=C(c2cc(-c3ccc(Cl)cc3)ccc2C2CC2)C(=O)C(C)(C)OC1(C)C. The first-order chi connectivity index (χ1) is 13.1. The van der Waals surface area contributed by atoms with Crippen LogP contribution in [-0.2, 0) is 9.53 Å². The van der Waals surface area contributed by atoms with Crippen LogP contribution in [0.25, 0.3) is 16.7 Å². The Bertz CT molecular complexity index is 976. The minimum atomic E-state index is -0.838. The maximum Gasteiger partial charge on any atom is 0.194 e. The van der Waals surface area contributed by atoms with E-state index in [2.05, 4.69) is 32.0 Å². The molecule has 1 fully saturated rings. The van der Waals surface area contributed by atoms with Gasteiger partial charge in [0.25, 0.3) is 0 Å². The van der Waals surface area contributed by atoms with Crippen LogP contribution in [0.4, 0.5) is 0 Å². The smallest absolute Gasteiger partial charge is 0.194 e. The van der Waals surface area contributed by atoms with Crippen LogP contribution in [0.2, 0.25) is 5.02 Å². The summed E-state index contributed by atoms with van der Waals surface area (Å²) in [6.07, 6.45) is 2.38. The maximum absolute atomic E-state index is 13.4. The number of hydrogen-bond acceptors (Lipinski definition) is 2. The van der Waals surface area contributed by atoms with Crippen molar-refractivity contribution in [1.82, 2.24) is 0 Å². The average molecular weight is 395 g/mol. The van der Waals surface area contributed by atoms with E-state index in [1.165, 1.54) is 18.4 Å². The van der Waals surface area contributed by atoms with E-state index in [-0.39, 0.29) is 5.78 Å². The predicted molar refractivity (Wildman–Crippen MR) is 116 cm³/mol. The molecule has 1 aliphatic heterocycles. The van der Waals surface area contributed by atoms with Crippen LogP contribution in [0.5, 0.6) is 0 Å². The number of carbonyl (C=O) groups is 1. The lowest BCUT2D eigenvalue weighted by Gasteiger charge is -2.42. The fraction of sp³-hybridized carbons (Fsp3) is 0.400. The van der Waals surface area contributed by atoms with Crippen molar-refractivity contribution in [2.45, 2.75) is 64.6 Å². The van der Waals surface area contributed by atoms with Crippen molar-refractivity contribution in [2.24, 2.45) is 0 Å². The molecule has 0 N–H and O–H groups in total. The van der Waals surface area contributed by atoms with Gasteiger partial charge in [-0.2, -0.15) is 0 Å². The quantitative estimate of drug-likeness (QED) is 0.571. The number of ketones is 1. The lowest BCUT2D eigenvalue weighted by molar-refractivity contribution is -0.152. The van der Waals surface area contributed by atoms with Crippen molar-refractivity contribution in [2.75, 3.05) is 0 Å². The largest absolute Gasteiger partial charge is 0.357 e. The van der Waals surface area contributed by atoms with Crippen LogP contribution in [0, 0.1) is 0 Å². The summed E-state index contributed by atoms with van der Waals surface area (Å²) in [7, 11) is 0. The van der Waals surface area contributed by atoms with Crippen LogP contribution >= 0.6 is 11.6 Å². The fourth-order valence-corrected chi connectivity index (χ4v) is 4.33. The molecule has 1 heterocycles. The molecule has 0 atom stereocenters. The van der Waals surface area contributed by atoms with Gasteiger partial charge in [-0.25, -0.2) is 0 Å². The highest BCUT2D eigenvalue weighted by atomic mass is 35.5. The number of hydrogen-bond donors (Lipinski definition) is 0. The fourth-order valence-electron chi connectivity index (χ4n) is 4.20. The zero-order chi connectivity index (χ0) is 20.3. The molecule has 2 aliphatic rings. The Morgan fingerprint density at radius 2 is 1.54 bits per heavy atom. The number of benzene rings is 2. The lowest BCUT2D eigenvalue weighted by Crippen LogP contribution is -2.49. The van der Waals surface area contributed by atoms with E-state index in [1.807, 2.05) is 45.0 Å². The Hall–Kier alpha value is -1.90. The number of Topliss-reactive ketones (excluding diaryl/α,β-unsaturated/α-hetero) is 1. The maximum atomic E-state index is 13.4. The van der Waals surface area contributed by atoms with Gasteiger partial charge in [0.1, 0.15) is 5.60 Å². The van der Waals surface area contributed by atoms with Gasteiger partial charge in [0.05, 0.1) is 5.60 Å². The van der Waals surface area contributed by atoms with Crippen LogP contribution < -0.4 is 0 Å². The molecule has 2 aromatic carbocycles. The van der Waals surface area contributed by atoms with E-state index in [4.69, 9.17) is 16.3 Å². The summed E-state index contributed by atoms with van der Waals surface area (Å²) in [4.78, 5) is 13.4. The van der Waals surface area contributed by atoms with Gasteiger partial charge in [0.15, 0.2) is 5.78 Å². The van der Waals surface area contributed by atoms with E-state index in [1.54, 1.807) is 0 Å². The van der Waals surface area contributed by atoms with Gasteiger partial charge < -0.3 is 4.74 Å². The van der Waals surface area contributed by atoms with Crippen molar-refractivity contribution < 1.29 is 9.53 Å².